The van der Waals surface area contributed by atoms with Crippen molar-refractivity contribution in [2.24, 2.45) is 0 Å². The first kappa shape index (κ1) is 13.7. The van der Waals surface area contributed by atoms with Crippen LogP contribution in [0.3, 0.4) is 0 Å². The van der Waals surface area contributed by atoms with Crippen LogP contribution in [0.25, 0.3) is 0 Å². The third-order valence-electron chi connectivity index (χ3n) is 2.98. The summed E-state index contributed by atoms with van der Waals surface area (Å²) in [6.07, 6.45) is 4.86. The number of aryl methyl sites for hydroxylation is 1. The number of aromatic nitrogens is 2. The fourth-order valence-electron chi connectivity index (χ4n) is 2.16. The topological polar surface area (TPSA) is 54.9 Å². The summed E-state index contributed by atoms with van der Waals surface area (Å²) in [6.45, 7) is 5.65. The van der Waals surface area contributed by atoms with Crippen molar-refractivity contribution >= 4 is 5.78 Å². The summed E-state index contributed by atoms with van der Waals surface area (Å²) in [5.41, 5.74) is 0.810. The molecule has 1 atom stereocenters. The van der Waals surface area contributed by atoms with Gasteiger partial charge < -0.3 is 0 Å². The Kier molecular flexibility index (Phi) is 5.19. The lowest BCUT2D eigenvalue weighted by Gasteiger charge is -2.18. The van der Waals surface area contributed by atoms with Crippen LogP contribution >= 0.6 is 0 Å². The molecule has 0 saturated carbocycles. The van der Waals surface area contributed by atoms with Crippen molar-refractivity contribution in [2.45, 2.75) is 58.9 Å². The van der Waals surface area contributed by atoms with E-state index in [0.29, 0.717) is 6.42 Å². The molecule has 1 aromatic rings. The van der Waals surface area contributed by atoms with Crippen molar-refractivity contribution in [3.8, 4) is 0 Å². The zero-order chi connectivity index (χ0) is 12.8. The number of carbonyl (C=O) groups excluding carboxylic acids is 1. The highest BCUT2D eigenvalue weighted by molar-refractivity contribution is 5.75. The Bertz CT molecular complexity index is 417. The van der Waals surface area contributed by atoms with Crippen LogP contribution in [0.4, 0.5) is 0 Å². The average molecular weight is 238 g/mol. The van der Waals surface area contributed by atoms with Gasteiger partial charge in [0.25, 0.3) is 5.56 Å². The number of nitrogens with zero attached hydrogens (tertiary/aromatic N) is 1. The molecule has 0 aromatic carbocycles. The minimum Gasteiger partial charge on any atom is -0.300 e. The molecule has 0 saturated heterocycles. The third kappa shape index (κ3) is 4.21. The van der Waals surface area contributed by atoms with E-state index in [0.717, 1.165) is 25.0 Å². The first-order valence-corrected chi connectivity index (χ1v) is 6.32. The number of hydrogen-bond donors (Lipinski definition) is 1. The molecule has 0 radical (unpaired) electrons. The number of nitrogens with one attached hydrogen (secondary N) is 1. The Labute approximate surface area is 102 Å². The molecule has 0 spiro atoms. The minimum atomic E-state index is -0.0912. The van der Waals surface area contributed by atoms with Gasteiger partial charge in [-0.2, -0.15) is 0 Å². The summed E-state index contributed by atoms with van der Waals surface area (Å²) >= 11 is 0. The van der Waals surface area contributed by atoms with Crippen molar-refractivity contribution in [1.29, 1.82) is 0 Å². The van der Waals surface area contributed by atoms with Gasteiger partial charge in [0, 0.05) is 18.2 Å². The minimum absolute atomic E-state index is 0.0912. The number of unbranched alkanes of at least 4 members (excludes halogenated alkanes) is 2. The largest absolute Gasteiger partial charge is 0.300 e. The zero-order valence-electron chi connectivity index (χ0n) is 11.0. The molecular formula is C13H22N2O2. The molecule has 96 valence electrons. The lowest BCUT2D eigenvalue weighted by atomic mass is 10.0. The second kappa shape index (κ2) is 6.42. The van der Waals surface area contributed by atoms with Crippen molar-refractivity contribution < 1.29 is 4.79 Å². The van der Waals surface area contributed by atoms with Crippen LogP contribution in [-0.4, -0.2) is 15.6 Å². The summed E-state index contributed by atoms with van der Waals surface area (Å²) in [5, 5.41) is 2.79. The highest BCUT2D eigenvalue weighted by atomic mass is 16.1. The lowest BCUT2D eigenvalue weighted by molar-refractivity contribution is -0.117. The number of H-pyrrole nitrogens is 1. The van der Waals surface area contributed by atoms with Gasteiger partial charge in [-0.15, -0.1) is 0 Å². The number of rotatable bonds is 7. The van der Waals surface area contributed by atoms with E-state index < -0.39 is 0 Å². The first-order chi connectivity index (χ1) is 8.04. The average Bonchev–Trinajstić information content (AvgIpc) is 2.56. The van der Waals surface area contributed by atoms with E-state index in [1.165, 1.54) is 6.42 Å². The van der Waals surface area contributed by atoms with E-state index in [-0.39, 0.29) is 17.4 Å². The molecule has 0 bridgehead atoms. The molecule has 4 heteroatoms. The molecular weight excluding hydrogens is 216 g/mol. The van der Waals surface area contributed by atoms with Crippen LogP contribution in [0, 0.1) is 6.92 Å². The molecule has 4 nitrogen and oxygen atoms in total. The summed E-state index contributed by atoms with van der Waals surface area (Å²) in [5.74, 6) is 0.167. The Morgan fingerprint density at radius 2 is 2.18 bits per heavy atom. The Hall–Kier alpha value is -1.32. The number of aromatic amines is 1. The van der Waals surface area contributed by atoms with E-state index in [9.17, 15) is 9.59 Å². The molecule has 0 unspecified atom stereocenters. The number of hydrogen-bond acceptors (Lipinski definition) is 2. The van der Waals surface area contributed by atoms with Gasteiger partial charge in [-0.3, -0.25) is 19.4 Å². The molecule has 1 aromatic heterocycles. The van der Waals surface area contributed by atoms with Crippen LogP contribution in [-0.2, 0) is 4.79 Å². The van der Waals surface area contributed by atoms with Crippen LogP contribution < -0.4 is 5.56 Å². The Balaban J connectivity index is 2.78. The van der Waals surface area contributed by atoms with Crippen LogP contribution in [0.1, 0.15) is 57.7 Å². The standard InChI is InChI=1S/C13H22N2O2/c1-4-5-6-7-12(9-11(3)16)15-10(2)8-13(17)14-15/h8,12H,4-7,9H2,1-3H3,(H,14,17)/t12-/m1/s1. The van der Waals surface area contributed by atoms with E-state index in [1.807, 2.05) is 11.6 Å². The highest BCUT2D eigenvalue weighted by Gasteiger charge is 2.15. The quantitative estimate of drug-likeness (QED) is 0.742. The highest BCUT2D eigenvalue weighted by Crippen LogP contribution is 2.20. The van der Waals surface area contributed by atoms with Gasteiger partial charge in [-0.25, -0.2) is 0 Å². The SMILES string of the molecule is CCCCC[C@H](CC(C)=O)n1[nH]c(=O)cc1C. The monoisotopic (exact) mass is 238 g/mol. The maximum Gasteiger partial charge on any atom is 0.264 e. The fraction of sp³-hybridized carbons (Fsp3) is 0.692. The van der Waals surface area contributed by atoms with Crippen molar-refractivity contribution in [3.05, 3.63) is 22.1 Å². The predicted molar refractivity (Wildman–Crippen MR) is 68.3 cm³/mol. The third-order valence-corrected chi connectivity index (χ3v) is 2.98. The van der Waals surface area contributed by atoms with E-state index in [4.69, 9.17) is 0 Å². The maximum absolute atomic E-state index is 11.3. The van der Waals surface area contributed by atoms with Crippen LogP contribution in [0.15, 0.2) is 10.9 Å². The summed E-state index contributed by atoms with van der Waals surface area (Å²) in [6, 6.07) is 1.68. The van der Waals surface area contributed by atoms with Crippen molar-refractivity contribution in [2.75, 3.05) is 0 Å². The Morgan fingerprint density at radius 3 is 2.65 bits per heavy atom. The smallest absolute Gasteiger partial charge is 0.264 e. The molecule has 0 aliphatic carbocycles. The van der Waals surface area contributed by atoms with Gasteiger partial charge in [-0.1, -0.05) is 26.2 Å². The molecule has 17 heavy (non-hydrogen) atoms. The maximum atomic E-state index is 11.3. The number of Topliss-reactive ketones (excluding diaryl/α,β-unsaturated/α-hetero) is 1. The first-order valence-electron chi connectivity index (χ1n) is 6.32. The summed E-state index contributed by atoms with van der Waals surface area (Å²) in [7, 11) is 0. The molecule has 0 aliphatic heterocycles. The molecule has 1 heterocycles. The van der Waals surface area contributed by atoms with Gasteiger partial charge in [0.15, 0.2) is 0 Å². The second-order valence-corrected chi connectivity index (χ2v) is 4.69. The normalized spacial score (nSPS) is 12.6. The van der Waals surface area contributed by atoms with Crippen LogP contribution in [0.5, 0.6) is 0 Å². The van der Waals surface area contributed by atoms with Gasteiger partial charge in [0.05, 0.1) is 6.04 Å². The molecule has 0 amide bonds. The molecule has 0 fully saturated rings. The summed E-state index contributed by atoms with van der Waals surface area (Å²) < 4.78 is 1.85. The van der Waals surface area contributed by atoms with E-state index >= 15 is 0 Å². The molecule has 0 aliphatic rings. The van der Waals surface area contributed by atoms with Crippen molar-refractivity contribution in [1.82, 2.24) is 9.78 Å². The van der Waals surface area contributed by atoms with E-state index in [1.54, 1.807) is 13.0 Å². The van der Waals surface area contributed by atoms with Crippen molar-refractivity contribution in [3.63, 3.8) is 0 Å². The second-order valence-electron chi connectivity index (χ2n) is 4.69. The summed E-state index contributed by atoms with van der Waals surface area (Å²) in [4.78, 5) is 22.5. The van der Waals surface area contributed by atoms with E-state index in [2.05, 4.69) is 12.0 Å². The Morgan fingerprint density at radius 1 is 1.47 bits per heavy atom. The molecule has 1 N–H and O–H groups in total. The lowest BCUT2D eigenvalue weighted by Crippen LogP contribution is -2.17. The van der Waals surface area contributed by atoms with Gasteiger partial charge >= 0.3 is 0 Å². The zero-order valence-corrected chi connectivity index (χ0v) is 11.0. The van der Waals surface area contributed by atoms with Gasteiger partial charge in [0.2, 0.25) is 0 Å². The number of ketones is 1. The van der Waals surface area contributed by atoms with Gasteiger partial charge in [-0.05, 0) is 20.3 Å². The number of carbonyl (C=O) groups is 1. The fourth-order valence-corrected chi connectivity index (χ4v) is 2.16. The predicted octanol–water partition coefficient (Wildman–Crippen LogP) is 2.59. The molecule has 1 rings (SSSR count). The van der Waals surface area contributed by atoms with Crippen LogP contribution in [0.2, 0.25) is 0 Å². The van der Waals surface area contributed by atoms with Gasteiger partial charge in [0.1, 0.15) is 5.78 Å².